The highest BCUT2D eigenvalue weighted by atomic mass is 35.5. The normalized spacial score (nSPS) is 9.96. The van der Waals surface area contributed by atoms with Crippen molar-refractivity contribution in [2.75, 3.05) is 7.11 Å². The molecule has 0 unspecified atom stereocenters. The first-order valence-corrected chi connectivity index (χ1v) is 7.18. The summed E-state index contributed by atoms with van der Waals surface area (Å²) in [5.74, 6) is 0.318. The lowest BCUT2D eigenvalue weighted by Gasteiger charge is -2.16. The van der Waals surface area contributed by atoms with E-state index in [1.807, 2.05) is 28.8 Å². The van der Waals surface area contributed by atoms with E-state index in [0.717, 1.165) is 11.4 Å². The zero-order valence-corrected chi connectivity index (χ0v) is 15.6. The number of pyridine rings is 1. The van der Waals surface area contributed by atoms with Gasteiger partial charge in [0.25, 0.3) is 0 Å². The maximum atomic E-state index is 12.0. The molecule has 128 valence electrons. The van der Waals surface area contributed by atoms with Crippen LogP contribution in [-0.2, 0) is 6.54 Å². The van der Waals surface area contributed by atoms with Crippen LogP contribution in [0.15, 0.2) is 41.3 Å². The maximum Gasteiger partial charge on any atom is 0.223 e. The number of hydrogen-bond acceptors (Lipinski definition) is 3. The largest absolute Gasteiger partial charge is 0.491 e. The molecule has 0 fully saturated rings. The summed E-state index contributed by atoms with van der Waals surface area (Å²) in [7, 11) is 1.50. The molecule has 0 saturated carbocycles. The van der Waals surface area contributed by atoms with Crippen LogP contribution in [0.2, 0.25) is 5.02 Å². The number of ether oxygens (including phenoxy) is 1. The fourth-order valence-corrected chi connectivity index (χ4v) is 2.12. The molecular weight excluding hydrogens is 359 g/mol. The molecule has 2 aromatic rings. The lowest BCUT2D eigenvalue weighted by atomic mass is 10.2. The van der Waals surface area contributed by atoms with E-state index in [4.69, 9.17) is 16.3 Å². The zero-order valence-electron chi connectivity index (χ0n) is 13.2. The van der Waals surface area contributed by atoms with Crippen molar-refractivity contribution in [2.45, 2.75) is 26.4 Å². The summed E-state index contributed by atoms with van der Waals surface area (Å²) in [6, 6.07) is 9.39. The highest BCUT2D eigenvalue weighted by Gasteiger charge is 2.09. The van der Waals surface area contributed by atoms with E-state index in [9.17, 15) is 4.79 Å². The van der Waals surface area contributed by atoms with Gasteiger partial charge in [-0.05, 0) is 24.3 Å². The Morgan fingerprint density at radius 2 is 1.83 bits per heavy atom. The molecule has 1 aromatic heterocycles. The van der Waals surface area contributed by atoms with Crippen molar-refractivity contribution in [3.05, 3.63) is 57.5 Å². The highest BCUT2D eigenvalue weighted by molar-refractivity contribution is 6.30. The number of hydrogen-bond donors (Lipinski definition) is 1. The van der Waals surface area contributed by atoms with Crippen molar-refractivity contribution in [1.29, 1.82) is 0 Å². The predicted molar refractivity (Wildman–Crippen MR) is 100 cm³/mol. The van der Waals surface area contributed by atoms with Gasteiger partial charge in [0.05, 0.1) is 13.3 Å². The number of benzene rings is 1. The van der Waals surface area contributed by atoms with Crippen LogP contribution in [0.5, 0.6) is 5.75 Å². The highest BCUT2D eigenvalue weighted by Crippen LogP contribution is 2.17. The Balaban J connectivity index is 0.00000242. The van der Waals surface area contributed by atoms with Crippen molar-refractivity contribution in [1.82, 2.24) is 9.88 Å². The van der Waals surface area contributed by atoms with Gasteiger partial charge < -0.3 is 14.6 Å². The number of nitrogens with one attached hydrogen (secondary N) is 1. The topological polar surface area (TPSA) is 43.3 Å². The zero-order chi connectivity index (χ0) is 15.4. The molecule has 1 heterocycles. The number of methoxy groups -OCH3 is 1. The molecular formula is C16H21Cl3N2O2. The summed E-state index contributed by atoms with van der Waals surface area (Å²) in [5.41, 5.74) is 1.68. The Kier molecular flexibility index (Phi) is 9.32. The summed E-state index contributed by atoms with van der Waals surface area (Å²) in [4.78, 5) is 12.0. The fourth-order valence-electron chi connectivity index (χ4n) is 2.00. The molecule has 0 aliphatic rings. The van der Waals surface area contributed by atoms with E-state index in [1.54, 1.807) is 12.3 Å². The van der Waals surface area contributed by atoms with Crippen molar-refractivity contribution >= 4 is 36.4 Å². The van der Waals surface area contributed by atoms with E-state index < -0.39 is 0 Å². The summed E-state index contributed by atoms with van der Waals surface area (Å²) >= 11 is 5.93. The smallest absolute Gasteiger partial charge is 0.223 e. The van der Waals surface area contributed by atoms with Crippen molar-refractivity contribution in [3.8, 4) is 11.4 Å². The Bertz CT molecular complexity index is 670. The molecule has 23 heavy (non-hydrogen) atoms. The molecule has 0 amide bonds. The van der Waals surface area contributed by atoms with Gasteiger partial charge in [-0.1, -0.05) is 25.4 Å². The minimum atomic E-state index is -0.122. The Labute approximate surface area is 153 Å². The van der Waals surface area contributed by atoms with E-state index in [-0.39, 0.29) is 30.2 Å². The van der Waals surface area contributed by atoms with Crippen molar-refractivity contribution in [2.24, 2.45) is 0 Å². The van der Waals surface area contributed by atoms with Crippen LogP contribution in [-0.4, -0.2) is 17.7 Å². The van der Waals surface area contributed by atoms with E-state index in [2.05, 4.69) is 19.2 Å². The van der Waals surface area contributed by atoms with Crippen LogP contribution >= 0.6 is 36.4 Å². The first kappa shape index (κ1) is 21.8. The first-order chi connectivity index (χ1) is 10.0. The van der Waals surface area contributed by atoms with Crippen LogP contribution < -0.4 is 15.5 Å². The molecule has 0 spiro atoms. The van der Waals surface area contributed by atoms with Gasteiger partial charge in [-0.25, -0.2) is 0 Å². The van der Waals surface area contributed by atoms with Gasteiger partial charge in [0.2, 0.25) is 5.43 Å². The maximum absolute atomic E-state index is 12.0. The second kappa shape index (κ2) is 9.83. The van der Waals surface area contributed by atoms with Crippen LogP contribution in [0, 0.1) is 0 Å². The molecule has 2 rings (SSSR count). The second-order valence-corrected chi connectivity index (χ2v) is 5.52. The van der Waals surface area contributed by atoms with Gasteiger partial charge in [0.15, 0.2) is 5.75 Å². The number of rotatable bonds is 5. The Hall–Kier alpha value is -1.20. The van der Waals surface area contributed by atoms with Gasteiger partial charge in [-0.2, -0.15) is 0 Å². The molecule has 0 aliphatic heterocycles. The minimum Gasteiger partial charge on any atom is -0.491 e. The molecule has 0 saturated heterocycles. The van der Waals surface area contributed by atoms with Crippen molar-refractivity contribution in [3.63, 3.8) is 0 Å². The lowest BCUT2D eigenvalue weighted by molar-refractivity contribution is 0.406. The first-order valence-electron chi connectivity index (χ1n) is 6.80. The molecule has 7 heteroatoms. The predicted octanol–water partition coefficient (Wildman–Crippen LogP) is 3.84. The summed E-state index contributed by atoms with van der Waals surface area (Å²) < 4.78 is 7.07. The number of aromatic nitrogens is 1. The van der Waals surface area contributed by atoms with Gasteiger partial charge in [0.1, 0.15) is 0 Å². The van der Waals surface area contributed by atoms with Gasteiger partial charge in [-0.3, -0.25) is 4.79 Å². The average molecular weight is 380 g/mol. The van der Waals surface area contributed by atoms with Crippen LogP contribution in [0.1, 0.15) is 19.5 Å². The van der Waals surface area contributed by atoms with E-state index in [1.165, 1.54) is 7.11 Å². The van der Waals surface area contributed by atoms with E-state index >= 15 is 0 Å². The monoisotopic (exact) mass is 378 g/mol. The SMILES string of the molecule is COc1cn(-c2ccc(Cl)cc2)c(CNC(C)C)cc1=O.Cl.Cl. The Morgan fingerprint density at radius 3 is 2.35 bits per heavy atom. The third-order valence-electron chi connectivity index (χ3n) is 3.11. The number of halogens is 3. The molecule has 0 bridgehead atoms. The van der Waals surface area contributed by atoms with Crippen LogP contribution in [0.3, 0.4) is 0 Å². The molecule has 1 aromatic carbocycles. The molecule has 0 aliphatic carbocycles. The van der Waals surface area contributed by atoms with Crippen LogP contribution in [0.4, 0.5) is 0 Å². The average Bonchev–Trinajstić information content (AvgIpc) is 2.46. The molecule has 0 atom stereocenters. The second-order valence-electron chi connectivity index (χ2n) is 5.08. The third kappa shape index (κ3) is 5.74. The molecule has 0 radical (unpaired) electrons. The quantitative estimate of drug-likeness (QED) is 0.858. The summed E-state index contributed by atoms with van der Waals surface area (Å²) in [6.07, 6.45) is 1.71. The lowest BCUT2D eigenvalue weighted by Crippen LogP contribution is -2.25. The summed E-state index contributed by atoms with van der Waals surface area (Å²) in [5, 5.41) is 4.00. The molecule has 1 N–H and O–H groups in total. The fraction of sp³-hybridized carbons (Fsp3) is 0.312. The van der Waals surface area contributed by atoms with Gasteiger partial charge >= 0.3 is 0 Å². The number of nitrogens with zero attached hydrogens (tertiary/aromatic N) is 1. The summed E-state index contributed by atoms with van der Waals surface area (Å²) in [6.45, 7) is 4.72. The van der Waals surface area contributed by atoms with Crippen molar-refractivity contribution < 1.29 is 4.74 Å². The van der Waals surface area contributed by atoms with Crippen LogP contribution in [0.25, 0.3) is 5.69 Å². The van der Waals surface area contributed by atoms with Gasteiger partial charge in [0, 0.05) is 35.1 Å². The third-order valence-corrected chi connectivity index (χ3v) is 3.36. The minimum absolute atomic E-state index is 0. The van der Waals surface area contributed by atoms with E-state index in [0.29, 0.717) is 23.4 Å². The molecule has 4 nitrogen and oxygen atoms in total. The van der Waals surface area contributed by atoms with Gasteiger partial charge in [-0.15, -0.1) is 24.8 Å². The standard InChI is InChI=1S/C16H19ClN2O2.2ClH/c1-11(2)18-9-14-8-15(20)16(21-3)10-19(14)13-6-4-12(17)5-7-13;;/h4-8,10-11,18H,9H2,1-3H3;2*1H. The Morgan fingerprint density at radius 1 is 1.22 bits per heavy atom.